The van der Waals surface area contributed by atoms with E-state index < -0.39 is 0 Å². The second-order valence-electron chi connectivity index (χ2n) is 3.70. The zero-order valence-electron chi connectivity index (χ0n) is 8.37. The van der Waals surface area contributed by atoms with E-state index >= 15 is 0 Å². The van der Waals surface area contributed by atoms with Gasteiger partial charge in [0, 0.05) is 6.04 Å². The number of hydrogen-bond donors (Lipinski definition) is 1. The molecule has 4 heteroatoms. The number of fused-ring (bicyclic) bond motifs is 1. The molecule has 2 N–H and O–H groups in total. The summed E-state index contributed by atoms with van der Waals surface area (Å²) in [6.07, 6.45) is 0.459. The molecule has 0 saturated carbocycles. The van der Waals surface area contributed by atoms with Gasteiger partial charge in [-0.25, -0.2) is 4.39 Å². The zero-order valence-corrected chi connectivity index (χ0v) is 8.37. The Balaban J connectivity index is 2.32. The molecule has 3 nitrogen and oxygen atoms in total. The number of ether oxygens (including phenoxy) is 1. The maximum atomic E-state index is 12.9. The van der Waals surface area contributed by atoms with Gasteiger partial charge < -0.3 is 10.5 Å². The van der Waals surface area contributed by atoms with Crippen molar-refractivity contribution in [3.8, 4) is 0 Å². The molecule has 0 heterocycles. The summed E-state index contributed by atoms with van der Waals surface area (Å²) in [5, 5.41) is 0. The van der Waals surface area contributed by atoms with Crippen molar-refractivity contribution in [3.63, 3.8) is 0 Å². The molecule has 0 fully saturated rings. The van der Waals surface area contributed by atoms with Gasteiger partial charge in [0.1, 0.15) is 5.82 Å². The first-order valence-electron chi connectivity index (χ1n) is 4.75. The van der Waals surface area contributed by atoms with Crippen LogP contribution in [-0.2, 0) is 16.0 Å². The van der Waals surface area contributed by atoms with Crippen molar-refractivity contribution in [2.75, 3.05) is 7.11 Å². The summed E-state index contributed by atoms with van der Waals surface area (Å²) >= 11 is 0. The molecule has 0 unspecified atom stereocenters. The van der Waals surface area contributed by atoms with Crippen LogP contribution >= 0.6 is 0 Å². The van der Waals surface area contributed by atoms with Crippen molar-refractivity contribution in [1.82, 2.24) is 0 Å². The fourth-order valence-electron chi connectivity index (χ4n) is 2.04. The lowest BCUT2D eigenvalue weighted by atomic mass is 10.0. The molecule has 0 amide bonds. The van der Waals surface area contributed by atoms with Gasteiger partial charge in [0.05, 0.1) is 13.0 Å². The second-order valence-corrected chi connectivity index (χ2v) is 3.70. The van der Waals surface area contributed by atoms with E-state index in [0.29, 0.717) is 6.42 Å². The van der Waals surface area contributed by atoms with Crippen LogP contribution in [0.1, 0.15) is 17.2 Å². The van der Waals surface area contributed by atoms with Crippen LogP contribution in [0.2, 0.25) is 0 Å². The van der Waals surface area contributed by atoms with E-state index in [0.717, 1.165) is 11.1 Å². The predicted octanol–water partition coefficient (Wildman–Crippen LogP) is 1.17. The molecule has 15 heavy (non-hydrogen) atoms. The van der Waals surface area contributed by atoms with Crippen LogP contribution in [-0.4, -0.2) is 13.1 Å². The number of hydrogen-bond acceptors (Lipinski definition) is 3. The number of halogens is 1. The molecule has 2 rings (SSSR count). The van der Waals surface area contributed by atoms with Crippen LogP contribution < -0.4 is 5.73 Å². The summed E-state index contributed by atoms with van der Waals surface area (Å²) in [5.41, 5.74) is 7.54. The molecule has 80 valence electrons. The fourth-order valence-corrected chi connectivity index (χ4v) is 2.04. The van der Waals surface area contributed by atoms with Gasteiger partial charge in [-0.2, -0.15) is 0 Å². The molecule has 1 aliphatic carbocycles. The predicted molar refractivity (Wildman–Crippen MR) is 52.5 cm³/mol. The Morgan fingerprint density at radius 3 is 3.00 bits per heavy atom. The maximum absolute atomic E-state index is 12.9. The van der Waals surface area contributed by atoms with Crippen molar-refractivity contribution >= 4 is 5.97 Å². The van der Waals surface area contributed by atoms with Crippen molar-refractivity contribution in [3.05, 3.63) is 35.1 Å². The summed E-state index contributed by atoms with van der Waals surface area (Å²) in [6.45, 7) is 0. The number of carbonyl (C=O) groups is 1. The molecule has 1 aliphatic rings. The molecule has 0 radical (unpaired) electrons. The molecule has 0 spiro atoms. The van der Waals surface area contributed by atoms with Crippen LogP contribution in [0.15, 0.2) is 18.2 Å². The highest BCUT2D eigenvalue weighted by Crippen LogP contribution is 2.35. The summed E-state index contributed by atoms with van der Waals surface area (Å²) in [6, 6.07) is 4.04. The topological polar surface area (TPSA) is 52.3 Å². The lowest BCUT2D eigenvalue weighted by Crippen LogP contribution is -2.25. The Morgan fingerprint density at radius 1 is 1.60 bits per heavy atom. The Bertz CT molecular complexity index is 406. The minimum atomic E-state index is -0.383. The van der Waals surface area contributed by atoms with Gasteiger partial charge in [-0.1, -0.05) is 6.07 Å². The first-order chi connectivity index (χ1) is 7.13. The van der Waals surface area contributed by atoms with Crippen LogP contribution in [0.25, 0.3) is 0 Å². The van der Waals surface area contributed by atoms with E-state index in [1.54, 1.807) is 6.07 Å². The maximum Gasteiger partial charge on any atom is 0.310 e. The van der Waals surface area contributed by atoms with Crippen molar-refractivity contribution < 1.29 is 13.9 Å². The second kappa shape index (κ2) is 3.62. The smallest absolute Gasteiger partial charge is 0.310 e. The summed E-state index contributed by atoms with van der Waals surface area (Å²) in [4.78, 5) is 11.4. The fraction of sp³-hybridized carbons (Fsp3) is 0.364. The largest absolute Gasteiger partial charge is 0.469 e. The van der Waals surface area contributed by atoms with Gasteiger partial charge in [-0.3, -0.25) is 4.79 Å². The summed E-state index contributed by atoms with van der Waals surface area (Å²) in [5.74, 6) is -1.02. The lowest BCUT2D eigenvalue weighted by Gasteiger charge is -2.12. The Labute approximate surface area is 87.0 Å². The third-order valence-corrected chi connectivity index (χ3v) is 2.84. The quantitative estimate of drug-likeness (QED) is 0.706. The van der Waals surface area contributed by atoms with Gasteiger partial charge in [0.2, 0.25) is 0 Å². The van der Waals surface area contributed by atoms with E-state index in [2.05, 4.69) is 4.74 Å². The Kier molecular flexibility index (Phi) is 2.44. The molecule has 0 aliphatic heterocycles. The van der Waals surface area contributed by atoms with Crippen LogP contribution in [0, 0.1) is 11.7 Å². The Morgan fingerprint density at radius 2 is 2.33 bits per heavy atom. The average Bonchev–Trinajstić information content (AvgIpc) is 2.54. The third-order valence-electron chi connectivity index (χ3n) is 2.84. The molecule has 0 saturated heterocycles. The number of carbonyl (C=O) groups excluding carboxylic acids is 1. The number of nitrogens with two attached hydrogens (primary N) is 1. The van der Waals surface area contributed by atoms with Crippen molar-refractivity contribution in [2.45, 2.75) is 12.5 Å². The SMILES string of the molecule is COC(=O)[C@H]1Cc2cc(F)ccc2[C@H]1N. The molecular formula is C11H12FNO2. The van der Waals surface area contributed by atoms with Gasteiger partial charge in [0.25, 0.3) is 0 Å². The number of methoxy groups -OCH3 is 1. The van der Waals surface area contributed by atoms with Gasteiger partial charge in [-0.05, 0) is 29.7 Å². The standard InChI is InChI=1S/C11H12FNO2/c1-15-11(14)9-5-6-4-7(12)2-3-8(6)10(9)13/h2-4,9-10H,5,13H2,1H3/t9-,10+/m0/s1. The van der Waals surface area contributed by atoms with E-state index in [9.17, 15) is 9.18 Å². The normalized spacial score (nSPS) is 23.7. The zero-order chi connectivity index (χ0) is 11.0. The highest BCUT2D eigenvalue weighted by atomic mass is 19.1. The summed E-state index contributed by atoms with van der Waals surface area (Å²) in [7, 11) is 1.33. The minimum Gasteiger partial charge on any atom is -0.469 e. The van der Waals surface area contributed by atoms with Gasteiger partial charge in [0.15, 0.2) is 0 Å². The van der Waals surface area contributed by atoms with Gasteiger partial charge >= 0.3 is 5.97 Å². The molecule has 0 bridgehead atoms. The van der Waals surface area contributed by atoms with Crippen molar-refractivity contribution in [2.24, 2.45) is 11.7 Å². The monoisotopic (exact) mass is 209 g/mol. The first-order valence-corrected chi connectivity index (χ1v) is 4.75. The van der Waals surface area contributed by atoms with Gasteiger partial charge in [-0.15, -0.1) is 0 Å². The van der Waals surface area contributed by atoms with Crippen LogP contribution in [0.3, 0.4) is 0 Å². The molecular weight excluding hydrogens is 197 g/mol. The minimum absolute atomic E-state index is 0.300. The molecule has 2 atom stereocenters. The van der Waals surface area contributed by atoms with Crippen molar-refractivity contribution in [1.29, 1.82) is 0 Å². The third kappa shape index (κ3) is 1.61. The lowest BCUT2D eigenvalue weighted by molar-refractivity contribution is -0.145. The number of rotatable bonds is 1. The van der Waals surface area contributed by atoms with E-state index in [1.165, 1.54) is 19.2 Å². The molecule has 0 aromatic heterocycles. The highest BCUT2D eigenvalue weighted by Gasteiger charge is 2.35. The van der Waals surface area contributed by atoms with E-state index in [4.69, 9.17) is 5.73 Å². The van der Waals surface area contributed by atoms with Crippen LogP contribution in [0.4, 0.5) is 4.39 Å². The average molecular weight is 209 g/mol. The number of esters is 1. The Hall–Kier alpha value is -1.42. The molecule has 1 aromatic carbocycles. The molecule has 1 aromatic rings. The summed E-state index contributed by atoms with van der Waals surface area (Å²) < 4.78 is 17.6. The van der Waals surface area contributed by atoms with E-state index in [-0.39, 0.29) is 23.7 Å². The van der Waals surface area contributed by atoms with E-state index in [1.807, 2.05) is 0 Å². The van der Waals surface area contributed by atoms with Crippen LogP contribution in [0.5, 0.6) is 0 Å². The highest BCUT2D eigenvalue weighted by molar-refractivity contribution is 5.75. The first kappa shape index (κ1) is 10.1. The number of benzene rings is 1.